The lowest BCUT2D eigenvalue weighted by molar-refractivity contribution is -0.116. The molecule has 28 heavy (non-hydrogen) atoms. The molecule has 1 amide bonds. The molecule has 0 aromatic heterocycles. The molecule has 7 nitrogen and oxygen atoms in total. The van der Waals surface area contributed by atoms with Gasteiger partial charge < -0.3 is 14.8 Å². The molecule has 0 radical (unpaired) electrons. The van der Waals surface area contributed by atoms with Crippen LogP contribution in [0.2, 0.25) is 0 Å². The predicted molar refractivity (Wildman–Crippen MR) is 111 cm³/mol. The molecule has 0 heterocycles. The van der Waals surface area contributed by atoms with Gasteiger partial charge in [-0.3, -0.25) is 9.10 Å². The molecule has 1 unspecified atom stereocenters. The van der Waals surface area contributed by atoms with Gasteiger partial charge in [-0.1, -0.05) is 18.7 Å². The summed E-state index contributed by atoms with van der Waals surface area (Å²) in [6.07, 6.45) is 2.69. The van der Waals surface area contributed by atoms with Crippen molar-refractivity contribution in [3.05, 3.63) is 61.2 Å². The number of benzene rings is 2. The number of anilines is 2. The van der Waals surface area contributed by atoms with E-state index in [0.29, 0.717) is 29.5 Å². The zero-order valence-corrected chi connectivity index (χ0v) is 16.9. The minimum absolute atomic E-state index is 0.345. The molecule has 0 aliphatic rings. The number of ether oxygens (including phenoxy) is 2. The Morgan fingerprint density at radius 2 is 1.89 bits per heavy atom. The van der Waals surface area contributed by atoms with Crippen molar-refractivity contribution in [2.75, 3.05) is 29.6 Å². The first kappa shape index (κ1) is 21.3. The van der Waals surface area contributed by atoms with E-state index in [0.717, 1.165) is 10.6 Å². The summed E-state index contributed by atoms with van der Waals surface area (Å²) in [5.74, 6) is 0.668. The first-order valence-electron chi connectivity index (χ1n) is 8.54. The Morgan fingerprint density at radius 1 is 1.21 bits per heavy atom. The van der Waals surface area contributed by atoms with Crippen molar-refractivity contribution in [1.82, 2.24) is 0 Å². The van der Waals surface area contributed by atoms with Gasteiger partial charge in [0.2, 0.25) is 15.9 Å². The largest absolute Gasteiger partial charge is 0.497 e. The van der Waals surface area contributed by atoms with Crippen LogP contribution in [0.3, 0.4) is 0 Å². The highest BCUT2D eigenvalue weighted by Gasteiger charge is 2.29. The highest BCUT2D eigenvalue weighted by atomic mass is 32.2. The summed E-state index contributed by atoms with van der Waals surface area (Å²) in [6, 6.07) is 12.3. The Kier molecular flexibility index (Phi) is 7.06. The maximum atomic E-state index is 12.7. The van der Waals surface area contributed by atoms with Gasteiger partial charge in [-0.2, -0.15) is 0 Å². The number of carbonyl (C=O) groups is 1. The number of hydrogen-bond acceptors (Lipinski definition) is 5. The lowest BCUT2D eigenvalue weighted by atomic mass is 10.2. The molecular formula is C20H24N2O5S. The van der Waals surface area contributed by atoms with E-state index in [1.807, 2.05) is 0 Å². The number of amides is 1. The second-order valence-electron chi connectivity index (χ2n) is 6.05. The summed E-state index contributed by atoms with van der Waals surface area (Å²) in [5, 5.41) is 2.72. The molecule has 0 saturated carbocycles. The van der Waals surface area contributed by atoms with Gasteiger partial charge in [-0.15, -0.1) is 0 Å². The summed E-state index contributed by atoms with van der Waals surface area (Å²) >= 11 is 0. The fourth-order valence-corrected chi connectivity index (χ4v) is 3.76. The first-order valence-corrected chi connectivity index (χ1v) is 10.4. The van der Waals surface area contributed by atoms with Gasteiger partial charge in [0.05, 0.1) is 19.1 Å². The Hall–Kier alpha value is -3.00. The summed E-state index contributed by atoms with van der Waals surface area (Å²) in [5.41, 5.74) is 0.875. The maximum absolute atomic E-state index is 12.7. The molecule has 0 spiro atoms. The molecule has 0 aliphatic carbocycles. The van der Waals surface area contributed by atoms with E-state index in [-0.39, 0.29) is 0 Å². The Bertz CT molecular complexity index is 926. The van der Waals surface area contributed by atoms with E-state index >= 15 is 0 Å². The van der Waals surface area contributed by atoms with Gasteiger partial charge in [0, 0.05) is 11.8 Å². The quantitative estimate of drug-likeness (QED) is 0.650. The van der Waals surface area contributed by atoms with Gasteiger partial charge in [0.1, 0.15) is 24.1 Å². The molecule has 0 aliphatic heterocycles. The molecule has 0 bridgehead atoms. The van der Waals surface area contributed by atoms with Crippen LogP contribution in [0, 0.1) is 0 Å². The van der Waals surface area contributed by atoms with Crippen LogP contribution in [-0.2, 0) is 14.8 Å². The van der Waals surface area contributed by atoms with Crippen molar-refractivity contribution in [2.45, 2.75) is 13.0 Å². The topological polar surface area (TPSA) is 84.9 Å². The van der Waals surface area contributed by atoms with Gasteiger partial charge in [0.25, 0.3) is 0 Å². The number of hydrogen-bond donors (Lipinski definition) is 1. The van der Waals surface area contributed by atoms with Crippen LogP contribution in [0.5, 0.6) is 11.5 Å². The molecule has 150 valence electrons. The van der Waals surface area contributed by atoms with Crippen molar-refractivity contribution < 1.29 is 22.7 Å². The normalized spacial score (nSPS) is 12.0. The molecular weight excluding hydrogens is 380 g/mol. The first-order chi connectivity index (χ1) is 13.3. The molecule has 0 fully saturated rings. The summed E-state index contributed by atoms with van der Waals surface area (Å²) in [6.45, 7) is 5.49. The number of carbonyl (C=O) groups excluding carboxylic acids is 1. The number of rotatable bonds is 9. The zero-order chi connectivity index (χ0) is 20.7. The van der Waals surface area contributed by atoms with E-state index in [9.17, 15) is 13.2 Å². The third kappa shape index (κ3) is 5.50. The third-order valence-corrected chi connectivity index (χ3v) is 5.13. The molecule has 0 saturated heterocycles. The lowest BCUT2D eigenvalue weighted by Crippen LogP contribution is -2.45. The maximum Gasteiger partial charge on any atom is 0.247 e. The van der Waals surface area contributed by atoms with Crippen LogP contribution in [-0.4, -0.2) is 40.3 Å². The second-order valence-corrected chi connectivity index (χ2v) is 7.91. The van der Waals surface area contributed by atoms with Crippen molar-refractivity contribution in [3.63, 3.8) is 0 Å². The van der Waals surface area contributed by atoms with Crippen LogP contribution in [0.15, 0.2) is 61.2 Å². The van der Waals surface area contributed by atoms with E-state index in [1.54, 1.807) is 54.6 Å². The summed E-state index contributed by atoms with van der Waals surface area (Å²) in [7, 11) is -2.22. The number of methoxy groups -OCH3 is 1. The fourth-order valence-electron chi connectivity index (χ4n) is 2.59. The Morgan fingerprint density at radius 3 is 2.46 bits per heavy atom. The van der Waals surface area contributed by atoms with Crippen LogP contribution in [0.1, 0.15) is 6.92 Å². The van der Waals surface area contributed by atoms with Gasteiger partial charge in [-0.25, -0.2) is 8.42 Å². The predicted octanol–water partition coefficient (Wildman–Crippen LogP) is 3.05. The van der Waals surface area contributed by atoms with Crippen molar-refractivity contribution in [1.29, 1.82) is 0 Å². The van der Waals surface area contributed by atoms with Crippen LogP contribution < -0.4 is 19.1 Å². The summed E-state index contributed by atoms with van der Waals surface area (Å²) < 4.78 is 36.3. The zero-order valence-electron chi connectivity index (χ0n) is 16.1. The summed E-state index contributed by atoms with van der Waals surface area (Å²) in [4.78, 5) is 12.7. The standard InChI is InChI=1S/C20H24N2O5S/c1-5-13-27-18-11-9-16(10-12-18)21-20(23)15(2)22(28(4,24)25)17-7-6-8-19(14-17)26-3/h5-12,14-15H,1,13H2,2-4H3,(H,21,23). The minimum Gasteiger partial charge on any atom is -0.497 e. The third-order valence-electron chi connectivity index (χ3n) is 3.89. The van der Waals surface area contributed by atoms with Gasteiger partial charge in [0.15, 0.2) is 0 Å². The SMILES string of the molecule is C=CCOc1ccc(NC(=O)C(C)N(c2cccc(OC)c2)S(C)(=O)=O)cc1. The molecule has 8 heteroatoms. The minimum atomic E-state index is -3.71. The smallest absolute Gasteiger partial charge is 0.247 e. The lowest BCUT2D eigenvalue weighted by Gasteiger charge is -2.28. The number of nitrogens with one attached hydrogen (secondary N) is 1. The molecule has 1 N–H and O–H groups in total. The monoisotopic (exact) mass is 404 g/mol. The van der Waals surface area contributed by atoms with Crippen molar-refractivity contribution in [3.8, 4) is 11.5 Å². The number of nitrogens with zero attached hydrogens (tertiary/aromatic N) is 1. The molecule has 2 rings (SSSR count). The average molecular weight is 404 g/mol. The van der Waals surface area contributed by atoms with Crippen LogP contribution in [0.4, 0.5) is 11.4 Å². The Labute approximate surface area is 165 Å². The van der Waals surface area contributed by atoms with Crippen LogP contribution in [0.25, 0.3) is 0 Å². The highest BCUT2D eigenvalue weighted by Crippen LogP contribution is 2.26. The molecule has 2 aromatic carbocycles. The van der Waals surface area contributed by atoms with E-state index in [2.05, 4.69) is 11.9 Å². The van der Waals surface area contributed by atoms with Gasteiger partial charge >= 0.3 is 0 Å². The van der Waals surface area contributed by atoms with Crippen molar-refractivity contribution >= 4 is 27.3 Å². The van der Waals surface area contributed by atoms with Gasteiger partial charge in [-0.05, 0) is 43.3 Å². The molecule has 2 aromatic rings. The second kappa shape index (κ2) is 9.27. The van der Waals surface area contributed by atoms with Crippen molar-refractivity contribution in [2.24, 2.45) is 0 Å². The Balaban J connectivity index is 2.20. The molecule has 1 atom stereocenters. The van der Waals surface area contributed by atoms with E-state index in [4.69, 9.17) is 9.47 Å². The number of sulfonamides is 1. The van der Waals surface area contributed by atoms with Crippen LogP contribution >= 0.6 is 0 Å². The fraction of sp³-hybridized carbons (Fsp3) is 0.250. The average Bonchev–Trinajstić information content (AvgIpc) is 2.66. The highest BCUT2D eigenvalue weighted by molar-refractivity contribution is 7.92. The van der Waals surface area contributed by atoms with E-state index < -0.39 is 22.0 Å². The van der Waals surface area contributed by atoms with E-state index in [1.165, 1.54) is 14.0 Å².